The number of carbonyl (C=O) groups excluding carboxylic acids is 3. The Bertz CT molecular complexity index is 810. The third-order valence-electron chi connectivity index (χ3n) is 4.02. The van der Waals surface area contributed by atoms with Gasteiger partial charge in [-0.25, -0.2) is 4.98 Å². The van der Waals surface area contributed by atoms with E-state index < -0.39 is 5.91 Å². The van der Waals surface area contributed by atoms with E-state index >= 15 is 0 Å². The molecule has 0 bridgehead atoms. The molecule has 0 aliphatic carbocycles. The van der Waals surface area contributed by atoms with E-state index in [1.807, 2.05) is 13.8 Å². The lowest BCUT2D eigenvalue weighted by molar-refractivity contribution is 0.0749. The van der Waals surface area contributed by atoms with Crippen molar-refractivity contribution in [2.24, 2.45) is 0 Å². The van der Waals surface area contributed by atoms with Crippen molar-refractivity contribution in [3.8, 4) is 0 Å². The monoisotopic (exact) mass is 367 g/mol. The van der Waals surface area contributed by atoms with Gasteiger partial charge in [0.25, 0.3) is 11.8 Å². The molecule has 6 nitrogen and oxygen atoms in total. The molecular formula is C21H25N3O3. The van der Waals surface area contributed by atoms with Crippen LogP contribution in [0.1, 0.15) is 64.9 Å². The third kappa shape index (κ3) is 5.48. The number of pyridine rings is 1. The summed E-state index contributed by atoms with van der Waals surface area (Å²) in [5, 5.41) is 2.73. The summed E-state index contributed by atoms with van der Waals surface area (Å²) in [6.45, 7) is 6.84. The molecule has 2 amide bonds. The number of anilines is 1. The highest BCUT2D eigenvalue weighted by molar-refractivity contribution is 6.04. The van der Waals surface area contributed by atoms with Crippen LogP contribution < -0.4 is 5.32 Å². The third-order valence-corrected chi connectivity index (χ3v) is 4.02. The quantitative estimate of drug-likeness (QED) is 0.720. The normalized spacial score (nSPS) is 10.3. The first-order valence-corrected chi connectivity index (χ1v) is 9.15. The summed E-state index contributed by atoms with van der Waals surface area (Å²) >= 11 is 0. The molecule has 6 heteroatoms. The topological polar surface area (TPSA) is 79.4 Å². The number of Topliss-reactive ketones (excluding diaryl/α,β-unsaturated/α-hetero) is 1. The Morgan fingerprint density at radius 1 is 0.926 bits per heavy atom. The van der Waals surface area contributed by atoms with Crippen LogP contribution >= 0.6 is 0 Å². The van der Waals surface area contributed by atoms with E-state index in [2.05, 4.69) is 10.3 Å². The standard InChI is InChI=1S/C21H25N3O3/c1-4-13-24(14-5-2)21(27)19-8-6-7-18(23-19)20(26)22-17-11-9-16(10-12-17)15(3)25/h6-12H,4-5,13-14H2,1-3H3,(H,22,26). The molecule has 0 unspecified atom stereocenters. The van der Waals surface area contributed by atoms with Crippen LogP contribution in [0, 0.1) is 0 Å². The van der Waals surface area contributed by atoms with E-state index in [1.165, 1.54) is 6.92 Å². The second-order valence-electron chi connectivity index (χ2n) is 6.29. The summed E-state index contributed by atoms with van der Waals surface area (Å²) in [6, 6.07) is 11.5. The lowest BCUT2D eigenvalue weighted by Gasteiger charge is -2.21. The second kappa shape index (κ2) is 9.62. The Hall–Kier alpha value is -3.02. The minimum absolute atomic E-state index is 0.0375. The van der Waals surface area contributed by atoms with Gasteiger partial charge >= 0.3 is 0 Å². The van der Waals surface area contributed by atoms with Gasteiger partial charge in [-0.2, -0.15) is 0 Å². The number of nitrogens with zero attached hydrogens (tertiary/aromatic N) is 2. The van der Waals surface area contributed by atoms with Crippen LogP contribution in [0.5, 0.6) is 0 Å². The van der Waals surface area contributed by atoms with Crippen molar-refractivity contribution < 1.29 is 14.4 Å². The summed E-state index contributed by atoms with van der Waals surface area (Å²) in [7, 11) is 0. The number of aromatic nitrogens is 1. The summed E-state index contributed by atoms with van der Waals surface area (Å²) in [6.07, 6.45) is 1.73. The number of amides is 2. The number of nitrogens with one attached hydrogen (secondary N) is 1. The van der Waals surface area contributed by atoms with Gasteiger partial charge in [0.15, 0.2) is 5.78 Å². The molecule has 2 rings (SSSR count). The molecular weight excluding hydrogens is 342 g/mol. The average molecular weight is 367 g/mol. The van der Waals surface area contributed by atoms with Crippen molar-refractivity contribution in [1.29, 1.82) is 0 Å². The van der Waals surface area contributed by atoms with Crippen molar-refractivity contribution in [3.63, 3.8) is 0 Å². The molecule has 0 spiro atoms. The minimum Gasteiger partial charge on any atom is -0.337 e. The van der Waals surface area contributed by atoms with Gasteiger partial charge in [-0.3, -0.25) is 14.4 Å². The van der Waals surface area contributed by atoms with Crippen molar-refractivity contribution >= 4 is 23.3 Å². The van der Waals surface area contributed by atoms with Gasteiger partial charge in [0.1, 0.15) is 11.4 Å². The molecule has 1 heterocycles. The smallest absolute Gasteiger partial charge is 0.274 e. The molecule has 142 valence electrons. The molecule has 1 aromatic carbocycles. The molecule has 0 saturated heterocycles. The zero-order chi connectivity index (χ0) is 19.8. The Kier molecular flexibility index (Phi) is 7.23. The van der Waals surface area contributed by atoms with Crippen LogP contribution in [0.15, 0.2) is 42.5 Å². The number of carbonyl (C=O) groups is 3. The largest absolute Gasteiger partial charge is 0.337 e. The van der Waals surface area contributed by atoms with E-state index in [0.717, 1.165) is 12.8 Å². The van der Waals surface area contributed by atoms with Gasteiger partial charge in [0.05, 0.1) is 0 Å². The van der Waals surface area contributed by atoms with E-state index in [0.29, 0.717) is 24.3 Å². The predicted octanol–water partition coefficient (Wildman–Crippen LogP) is 3.80. The van der Waals surface area contributed by atoms with E-state index in [4.69, 9.17) is 0 Å². The fraction of sp³-hybridized carbons (Fsp3) is 0.333. The summed E-state index contributed by atoms with van der Waals surface area (Å²) in [5.41, 5.74) is 1.56. The van der Waals surface area contributed by atoms with Gasteiger partial charge < -0.3 is 10.2 Å². The lowest BCUT2D eigenvalue weighted by Crippen LogP contribution is -2.33. The first-order chi connectivity index (χ1) is 13.0. The van der Waals surface area contributed by atoms with E-state index in [9.17, 15) is 14.4 Å². The number of hydrogen-bond acceptors (Lipinski definition) is 4. The fourth-order valence-corrected chi connectivity index (χ4v) is 2.68. The molecule has 0 fully saturated rings. The first-order valence-electron chi connectivity index (χ1n) is 9.15. The average Bonchev–Trinajstić information content (AvgIpc) is 2.67. The first kappa shape index (κ1) is 20.3. The highest BCUT2D eigenvalue weighted by atomic mass is 16.2. The molecule has 0 aliphatic heterocycles. The maximum absolute atomic E-state index is 12.7. The number of rotatable bonds is 8. The number of benzene rings is 1. The van der Waals surface area contributed by atoms with E-state index in [1.54, 1.807) is 47.4 Å². The number of hydrogen-bond donors (Lipinski definition) is 1. The molecule has 0 saturated carbocycles. The maximum atomic E-state index is 12.7. The van der Waals surface area contributed by atoms with Gasteiger partial charge in [-0.05, 0) is 56.2 Å². The molecule has 1 aromatic heterocycles. The van der Waals surface area contributed by atoms with Crippen molar-refractivity contribution in [2.45, 2.75) is 33.6 Å². The Balaban J connectivity index is 2.14. The van der Waals surface area contributed by atoms with Gasteiger partial charge in [0, 0.05) is 24.3 Å². The summed E-state index contributed by atoms with van der Waals surface area (Å²) < 4.78 is 0. The number of ketones is 1. The van der Waals surface area contributed by atoms with Gasteiger partial charge in [-0.15, -0.1) is 0 Å². The van der Waals surface area contributed by atoms with E-state index in [-0.39, 0.29) is 23.1 Å². The van der Waals surface area contributed by atoms with Crippen LogP contribution in [-0.4, -0.2) is 40.6 Å². The van der Waals surface area contributed by atoms with Crippen LogP contribution in [0.25, 0.3) is 0 Å². The van der Waals surface area contributed by atoms with Crippen LogP contribution in [0.4, 0.5) is 5.69 Å². The SMILES string of the molecule is CCCN(CCC)C(=O)c1cccc(C(=O)Nc2ccc(C(C)=O)cc2)n1. The molecule has 0 aliphatic rings. The molecule has 27 heavy (non-hydrogen) atoms. The lowest BCUT2D eigenvalue weighted by atomic mass is 10.1. The van der Waals surface area contributed by atoms with Crippen LogP contribution in [0.3, 0.4) is 0 Å². The molecule has 1 N–H and O–H groups in total. The van der Waals surface area contributed by atoms with Gasteiger partial charge in [-0.1, -0.05) is 19.9 Å². The highest BCUT2D eigenvalue weighted by Gasteiger charge is 2.17. The molecule has 0 atom stereocenters. The van der Waals surface area contributed by atoms with Crippen molar-refractivity contribution in [3.05, 3.63) is 59.4 Å². The summed E-state index contributed by atoms with van der Waals surface area (Å²) in [4.78, 5) is 42.4. The minimum atomic E-state index is -0.405. The zero-order valence-electron chi connectivity index (χ0n) is 16.0. The highest BCUT2D eigenvalue weighted by Crippen LogP contribution is 2.12. The Labute approximate surface area is 159 Å². The van der Waals surface area contributed by atoms with Crippen LogP contribution in [-0.2, 0) is 0 Å². The Morgan fingerprint density at radius 2 is 1.52 bits per heavy atom. The molecule has 0 radical (unpaired) electrons. The van der Waals surface area contributed by atoms with Gasteiger partial charge in [0.2, 0.25) is 0 Å². The Morgan fingerprint density at radius 3 is 2.07 bits per heavy atom. The maximum Gasteiger partial charge on any atom is 0.274 e. The fourth-order valence-electron chi connectivity index (χ4n) is 2.68. The molecule has 2 aromatic rings. The van der Waals surface area contributed by atoms with Crippen molar-refractivity contribution in [2.75, 3.05) is 18.4 Å². The van der Waals surface area contributed by atoms with Crippen LogP contribution in [0.2, 0.25) is 0 Å². The second-order valence-corrected chi connectivity index (χ2v) is 6.29. The summed E-state index contributed by atoms with van der Waals surface area (Å²) in [5.74, 6) is -0.610. The zero-order valence-corrected chi connectivity index (χ0v) is 16.0. The predicted molar refractivity (Wildman–Crippen MR) is 105 cm³/mol. The van der Waals surface area contributed by atoms with Crippen molar-refractivity contribution in [1.82, 2.24) is 9.88 Å².